The molecule has 1 saturated heterocycles. The third kappa shape index (κ3) is 3.24. The minimum Gasteiger partial charge on any atom is -0.448 e. The molecule has 0 saturated carbocycles. The van der Waals surface area contributed by atoms with Crippen molar-refractivity contribution in [3.05, 3.63) is 95.9 Å². The van der Waals surface area contributed by atoms with E-state index in [0.717, 1.165) is 17.8 Å². The zero-order valence-electron chi connectivity index (χ0n) is 17.6. The smallest absolute Gasteiger partial charge is 0.409 e. The molecule has 4 aromatic rings. The first-order valence-electron chi connectivity index (χ1n) is 11.0. The van der Waals surface area contributed by atoms with E-state index in [1.807, 2.05) is 21.7 Å². The van der Waals surface area contributed by atoms with E-state index >= 15 is 0 Å². The fourth-order valence-electron chi connectivity index (χ4n) is 4.97. The lowest BCUT2D eigenvalue weighted by Gasteiger charge is -2.33. The first-order chi connectivity index (χ1) is 15.8. The summed E-state index contributed by atoms with van der Waals surface area (Å²) >= 11 is 0. The van der Waals surface area contributed by atoms with Crippen LogP contribution >= 0.6 is 0 Å². The number of imidazole rings is 1. The van der Waals surface area contributed by atoms with Gasteiger partial charge in [0.1, 0.15) is 12.3 Å². The van der Waals surface area contributed by atoms with Gasteiger partial charge >= 0.3 is 6.09 Å². The van der Waals surface area contributed by atoms with Crippen LogP contribution in [0.3, 0.4) is 0 Å². The van der Waals surface area contributed by atoms with E-state index in [2.05, 4.69) is 71.0 Å². The lowest BCUT2D eigenvalue weighted by atomic mass is 9.98. The maximum absolute atomic E-state index is 13.0. The summed E-state index contributed by atoms with van der Waals surface area (Å²) in [6.45, 7) is 2.29. The molecule has 2 aromatic heterocycles. The molecule has 6 nitrogen and oxygen atoms in total. The molecule has 1 N–H and O–H groups in total. The number of pyridine rings is 1. The van der Waals surface area contributed by atoms with Crippen LogP contribution in [0.4, 0.5) is 4.79 Å². The van der Waals surface area contributed by atoms with E-state index in [9.17, 15) is 4.79 Å². The number of carbonyl (C=O) groups is 1. The number of piperazine rings is 1. The van der Waals surface area contributed by atoms with Gasteiger partial charge in [-0.15, -0.1) is 0 Å². The Labute approximate surface area is 186 Å². The summed E-state index contributed by atoms with van der Waals surface area (Å²) in [4.78, 5) is 19.2. The first kappa shape index (κ1) is 19.1. The second kappa shape index (κ2) is 7.80. The zero-order chi connectivity index (χ0) is 21.5. The Morgan fingerprint density at radius 2 is 1.78 bits per heavy atom. The Hall–Kier alpha value is -3.64. The average Bonchev–Trinajstić information content (AvgIpc) is 3.45. The minimum absolute atomic E-state index is 0.0610. The monoisotopic (exact) mass is 424 g/mol. The summed E-state index contributed by atoms with van der Waals surface area (Å²) in [6.07, 6.45) is 5.47. The van der Waals surface area contributed by atoms with Crippen molar-refractivity contribution in [3.63, 3.8) is 0 Å². The summed E-state index contributed by atoms with van der Waals surface area (Å²) in [5, 5.41) is 3.51. The molecule has 6 rings (SSSR count). The fourth-order valence-corrected chi connectivity index (χ4v) is 4.97. The minimum atomic E-state index is -0.250. The quantitative estimate of drug-likeness (QED) is 0.535. The normalized spacial score (nSPS) is 17.9. The highest BCUT2D eigenvalue weighted by molar-refractivity contribution is 5.79. The van der Waals surface area contributed by atoms with Crippen molar-refractivity contribution in [2.45, 2.75) is 12.0 Å². The summed E-state index contributed by atoms with van der Waals surface area (Å²) in [5.74, 6) is 0.0768. The van der Waals surface area contributed by atoms with Gasteiger partial charge in [0, 0.05) is 44.1 Å². The van der Waals surface area contributed by atoms with Crippen molar-refractivity contribution in [2.75, 3.05) is 26.2 Å². The van der Waals surface area contributed by atoms with Gasteiger partial charge in [-0.05, 0) is 39.9 Å². The number of rotatable bonds is 3. The van der Waals surface area contributed by atoms with Crippen LogP contribution in [0, 0.1) is 0 Å². The molecule has 160 valence electrons. The molecule has 0 bridgehead atoms. The number of benzene rings is 2. The second-order valence-electron chi connectivity index (χ2n) is 8.41. The topological polar surface area (TPSA) is 58.9 Å². The van der Waals surface area contributed by atoms with Crippen molar-refractivity contribution < 1.29 is 9.53 Å². The Kier molecular flexibility index (Phi) is 4.65. The molecule has 0 radical (unpaired) electrons. The van der Waals surface area contributed by atoms with E-state index in [0.29, 0.717) is 19.7 Å². The first-order valence-corrected chi connectivity index (χ1v) is 11.0. The highest BCUT2D eigenvalue weighted by atomic mass is 16.6. The molecule has 1 aliphatic carbocycles. The Balaban J connectivity index is 1.16. The highest BCUT2D eigenvalue weighted by Crippen LogP contribution is 2.44. The second-order valence-corrected chi connectivity index (χ2v) is 8.41. The molecular weight excluding hydrogens is 400 g/mol. The lowest BCUT2D eigenvalue weighted by Crippen LogP contribution is -2.48. The number of fused-ring (bicyclic) bond motifs is 4. The molecule has 1 atom stereocenters. The van der Waals surface area contributed by atoms with E-state index in [1.165, 1.54) is 22.3 Å². The molecule has 32 heavy (non-hydrogen) atoms. The Bertz CT molecular complexity index is 1250. The standard InChI is InChI=1S/C26H24N4O2/c31-26(30-14-10-27-24(16-30)18-9-12-29-13-11-28-25(29)15-18)32-17-23-21-7-3-1-5-19(21)20-6-2-4-8-22(20)23/h1-9,11-13,15,23-24,27H,10,14,16-17H2. The van der Waals surface area contributed by atoms with Gasteiger partial charge in [-0.25, -0.2) is 9.78 Å². The van der Waals surface area contributed by atoms with Crippen LogP contribution < -0.4 is 5.32 Å². The predicted octanol–water partition coefficient (Wildman–Crippen LogP) is 4.23. The summed E-state index contributed by atoms with van der Waals surface area (Å²) < 4.78 is 7.85. The van der Waals surface area contributed by atoms with Gasteiger partial charge in [0.15, 0.2) is 0 Å². The number of aromatic nitrogens is 2. The Morgan fingerprint density at radius 1 is 1.03 bits per heavy atom. The van der Waals surface area contributed by atoms with Gasteiger partial charge in [-0.3, -0.25) is 0 Å². The number of nitrogens with zero attached hydrogens (tertiary/aromatic N) is 3. The number of amides is 1. The molecule has 1 fully saturated rings. The van der Waals surface area contributed by atoms with Gasteiger partial charge in [0.05, 0.1) is 6.04 Å². The van der Waals surface area contributed by atoms with Crippen molar-refractivity contribution in [2.24, 2.45) is 0 Å². The van der Waals surface area contributed by atoms with Crippen LogP contribution in [0.25, 0.3) is 16.8 Å². The molecule has 6 heteroatoms. The van der Waals surface area contributed by atoms with Gasteiger partial charge in [-0.1, -0.05) is 48.5 Å². The van der Waals surface area contributed by atoms with E-state index in [4.69, 9.17) is 4.74 Å². The van der Waals surface area contributed by atoms with Gasteiger partial charge < -0.3 is 19.4 Å². The zero-order valence-corrected chi connectivity index (χ0v) is 17.6. The van der Waals surface area contributed by atoms with Crippen LogP contribution in [0.2, 0.25) is 0 Å². The molecule has 2 aliphatic rings. The highest BCUT2D eigenvalue weighted by Gasteiger charge is 2.31. The van der Waals surface area contributed by atoms with E-state index < -0.39 is 0 Å². The summed E-state index contributed by atoms with van der Waals surface area (Å²) in [5.41, 5.74) is 6.96. The third-order valence-corrected chi connectivity index (χ3v) is 6.59. The number of nitrogens with one attached hydrogen (secondary N) is 1. The van der Waals surface area contributed by atoms with Gasteiger partial charge in [0.2, 0.25) is 0 Å². The van der Waals surface area contributed by atoms with Crippen LogP contribution in [-0.2, 0) is 4.74 Å². The maximum Gasteiger partial charge on any atom is 0.409 e. The summed E-state index contributed by atoms with van der Waals surface area (Å²) in [6, 6.07) is 21.0. The lowest BCUT2D eigenvalue weighted by molar-refractivity contribution is 0.0883. The van der Waals surface area contributed by atoms with Crippen molar-refractivity contribution in [3.8, 4) is 11.1 Å². The van der Waals surface area contributed by atoms with Crippen LogP contribution in [0.1, 0.15) is 28.7 Å². The third-order valence-electron chi connectivity index (χ3n) is 6.59. The van der Waals surface area contributed by atoms with Gasteiger partial charge in [-0.2, -0.15) is 0 Å². The molecule has 1 unspecified atom stereocenters. The molecular formula is C26H24N4O2. The molecule has 2 aromatic carbocycles. The van der Waals surface area contributed by atoms with Crippen molar-refractivity contribution in [1.82, 2.24) is 19.6 Å². The molecule has 1 aliphatic heterocycles. The molecule has 1 amide bonds. The predicted molar refractivity (Wildman–Crippen MR) is 123 cm³/mol. The number of hydrogen-bond acceptors (Lipinski definition) is 4. The van der Waals surface area contributed by atoms with Gasteiger partial charge in [0.25, 0.3) is 0 Å². The number of hydrogen-bond donors (Lipinski definition) is 1. The Morgan fingerprint density at radius 3 is 2.56 bits per heavy atom. The average molecular weight is 425 g/mol. The van der Waals surface area contributed by atoms with E-state index in [1.54, 1.807) is 6.20 Å². The van der Waals surface area contributed by atoms with Crippen molar-refractivity contribution >= 4 is 11.7 Å². The van der Waals surface area contributed by atoms with Crippen LogP contribution in [-0.4, -0.2) is 46.6 Å². The SMILES string of the molecule is O=C(OCC1c2ccccc2-c2ccccc21)N1CCNC(c2ccn3ccnc3c2)C1. The van der Waals surface area contributed by atoms with Crippen LogP contribution in [0.15, 0.2) is 79.3 Å². The maximum atomic E-state index is 13.0. The molecule has 0 spiro atoms. The molecule has 3 heterocycles. The van der Waals surface area contributed by atoms with E-state index in [-0.39, 0.29) is 18.1 Å². The fraction of sp³-hybridized carbons (Fsp3) is 0.231. The summed E-state index contributed by atoms with van der Waals surface area (Å²) in [7, 11) is 0. The number of carbonyl (C=O) groups excluding carboxylic acids is 1. The van der Waals surface area contributed by atoms with Crippen LogP contribution in [0.5, 0.6) is 0 Å². The van der Waals surface area contributed by atoms with Crippen molar-refractivity contribution in [1.29, 1.82) is 0 Å². The largest absolute Gasteiger partial charge is 0.448 e. The number of ether oxygens (including phenoxy) is 1.